The second-order valence-corrected chi connectivity index (χ2v) is 3.74. The van der Waals surface area contributed by atoms with Gasteiger partial charge >= 0.3 is 0 Å². The Kier molecular flexibility index (Phi) is 3.13. The molecule has 0 spiro atoms. The highest BCUT2D eigenvalue weighted by Crippen LogP contribution is 2.18. The van der Waals surface area contributed by atoms with Gasteiger partial charge in [-0.2, -0.15) is 5.10 Å². The van der Waals surface area contributed by atoms with E-state index in [9.17, 15) is 4.79 Å². The van der Waals surface area contributed by atoms with Crippen LogP contribution in [0.4, 0.5) is 11.5 Å². The number of aromatic nitrogens is 2. The molecule has 1 amide bonds. The van der Waals surface area contributed by atoms with E-state index in [0.29, 0.717) is 24.3 Å². The molecule has 0 saturated heterocycles. The maximum Gasteiger partial charge on any atom is 0.226 e. The van der Waals surface area contributed by atoms with E-state index in [0.717, 1.165) is 11.5 Å². The number of aromatic amines is 1. The fraction of sp³-hybridized carbons (Fsp3) is 0.273. The first-order chi connectivity index (χ1) is 8.16. The Hall–Kier alpha value is -2.24. The van der Waals surface area contributed by atoms with Gasteiger partial charge < -0.3 is 15.5 Å². The summed E-state index contributed by atoms with van der Waals surface area (Å²) in [7, 11) is 0. The van der Waals surface area contributed by atoms with Crippen LogP contribution in [0.5, 0.6) is 0 Å². The second kappa shape index (κ2) is 4.73. The van der Waals surface area contributed by atoms with Crippen molar-refractivity contribution in [1.29, 1.82) is 0 Å². The number of hydrogen-bond donors (Lipinski definition) is 3. The normalized spacial score (nSPS) is 10.4. The number of aryl methyl sites for hydroxylation is 2. The number of hydrogen-bond acceptors (Lipinski definition) is 4. The summed E-state index contributed by atoms with van der Waals surface area (Å²) in [6.07, 6.45) is 2.48. The van der Waals surface area contributed by atoms with Gasteiger partial charge in [-0.1, -0.05) is 0 Å². The Morgan fingerprint density at radius 3 is 3.06 bits per heavy atom. The van der Waals surface area contributed by atoms with E-state index in [4.69, 9.17) is 10.2 Å². The SMILES string of the molecule is Cc1[nH]nc(NC(=O)CCc2ccco2)c1N. The van der Waals surface area contributed by atoms with Crippen LogP contribution in [0.3, 0.4) is 0 Å². The number of carbonyl (C=O) groups excluding carboxylic acids is 1. The third-order valence-electron chi connectivity index (χ3n) is 2.43. The molecule has 17 heavy (non-hydrogen) atoms. The van der Waals surface area contributed by atoms with Gasteiger partial charge in [0.25, 0.3) is 0 Å². The molecule has 6 nitrogen and oxygen atoms in total. The molecular formula is C11H14N4O2. The molecular weight excluding hydrogens is 220 g/mol. The predicted molar refractivity (Wildman–Crippen MR) is 63.4 cm³/mol. The number of nitrogens with two attached hydrogens (primary N) is 1. The zero-order valence-electron chi connectivity index (χ0n) is 9.49. The molecule has 0 bridgehead atoms. The molecule has 90 valence electrons. The Morgan fingerprint density at radius 1 is 1.65 bits per heavy atom. The van der Waals surface area contributed by atoms with Gasteiger partial charge in [0.2, 0.25) is 5.91 Å². The lowest BCUT2D eigenvalue weighted by Gasteiger charge is -2.01. The highest BCUT2D eigenvalue weighted by molar-refractivity contribution is 5.92. The number of H-pyrrole nitrogens is 1. The lowest BCUT2D eigenvalue weighted by molar-refractivity contribution is -0.116. The van der Waals surface area contributed by atoms with Crippen molar-refractivity contribution in [1.82, 2.24) is 10.2 Å². The molecule has 0 fully saturated rings. The fourth-order valence-corrected chi connectivity index (χ4v) is 1.42. The first-order valence-corrected chi connectivity index (χ1v) is 5.29. The third kappa shape index (κ3) is 2.66. The molecule has 6 heteroatoms. The van der Waals surface area contributed by atoms with Gasteiger partial charge in [-0.05, 0) is 19.1 Å². The Labute approximate surface area is 98.2 Å². The van der Waals surface area contributed by atoms with Crippen molar-refractivity contribution in [3.8, 4) is 0 Å². The molecule has 2 aromatic rings. The van der Waals surface area contributed by atoms with Crippen LogP contribution in [-0.2, 0) is 11.2 Å². The van der Waals surface area contributed by atoms with Crippen molar-refractivity contribution in [3.63, 3.8) is 0 Å². The van der Waals surface area contributed by atoms with Crippen molar-refractivity contribution >= 4 is 17.4 Å². The van der Waals surface area contributed by atoms with Gasteiger partial charge in [0.1, 0.15) is 5.76 Å². The highest BCUT2D eigenvalue weighted by atomic mass is 16.3. The summed E-state index contributed by atoms with van der Waals surface area (Å²) in [4.78, 5) is 11.6. The molecule has 0 aliphatic rings. The lowest BCUT2D eigenvalue weighted by Crippen LogP contribution is -2.13. The molecule has 0 aliphatic heterocycles. The van der Waals surface area contributed by atoms with Crippen LogP contribution in [0.1, 0.15) is 17.9 Å². The minimum absolute atomic E-state index is 0.139. The summed E-state index contributed by atoms with van der Waals surface area (Å²) in [6, 6.07) is 3.63. The average molecular weight is 234 g/mol. The van der Waals surface area contributed by atoms with Crippen LogP contribution in [0.2, 0.25) is 0 Å². The van der Waals surface area contributed by atoms with Crippen LogP contribution in [0, 0.1) is 6.92 Å². The molecule has 0 saturated carbocycles. The number of nitrogen functional groups attached to an aromatic ring is 1. The zero-order chi connectivity index (χ0) is 12.3. The van der Waals surface area contributed by atoms with E-state index < -0.39 is 0 Å². The number of rotatable bonds is 4. The molecule has 4 N–H and O–H groups in total. The van der Waals surface area contributed by atoms with Crippen molar-refractivity contribution in [3.05, 3.63) is 29.9 Å². The molecule has 2 rings (SSSR count). The molecule has 0 atom stereocenters. The molecule has 0 aliphatic carbocycles. The van der Waals surface area contributed by atoms with E-state index in [1.165, 1.54) is 0 Å². The summed E-state index contributed by atoms with van der Waals surface area (Å²) in [5, 5.41) is 9.24. The third-order valence-corrected chi connectivity index (χ3v) is 2.43. The van der Waals surface area contributed by atoms with Gasteiger partial charge in [0.15, 0.2) is 5.82 Å². The highest BCUT2D eigenvalue weighted by Gasteiger charge is 2.10. The quantitative estimate of drug-likeness (QED) is 0.746. The number of furan rings is 1. The van der Waals surface area contributed by atoms with Crippen LogP contribution in [0.25, 0.3) is 0 Å². The second-order valence-electron chi connectivity index (χ2n) is 3.74. The van der Waals surface area contributed by atoms with Crippen LogP contribution >= 0.6 is 0 Å². The predicted octanol–water partition coefficient (Wildman–Crippen LogP) is 1.46. The van der Waals surface area contributed by atoms with Crippen molar-refractivity contribution in [2.24, 2.45) is 0 Å². The average Bonchev–Trinajstić information content (AvgIpc) is 2.92. The van der Waals surface area contributed by atoms with Gasteiger partial charge in [0, 0.05) is 12.8 Å². The lowest BCUT2D eigenvalue weighted by atomic mass is 10.2. The van der Waals surface area contributed by atoms with Crippen LogP contribution in [-0.4, -0.2) is 16.1 Å². The Bertz CT molecular complexity index is 502. The van der Waals surface area contributed by atoms with E-state index in [1.807, 2.05) is 6.07 Å². The van der Waals surface area contributed by atoms with Gasteiger partial charge in [0.05, 0.1) is 17.6 Å². The number of carbonyl (C=O) groups is 1. The van der Waals surface area contributed by atoms with Crippen LogP contribution < -0.4 is 11.1 Å². The van der Waals surface area contributed by atoms with Gasteiger partial charge in [-0.25, -0.2) is 0 Å². The molecule has 2 aromatic heterocycles. The summed E-state index contributed by atoms with van der Waals surface area (Å²) in [5.74, 6) is 1.03. The van der Waals surface area contributed by atoms with Crippen molar-refractivity contribution in [2.75, 3.05) is 11.1 Å². The van der Waals surface area contributed by atoms with E-state index in [1.54, 1.807) is 19.3 Å². The number of nitrogens with zero attached hydrogens (tertiary/aromatic N) is 1. The summed E-state index contributed by atoms with van der Waals surface area (Å²) in [5.41, 5.74) is 6.93. The molecule has 0 unspecified atom stereocenters. The Morgan fingerprint density at radius 2 is 2.47 bits per heavy atom. The smallest absolute Gasteiger partial charge is 0.226 e. The molecule has 2 heterocycles. The maximum atomic E-state index is 11.6. The van der Waals surface area contributed by atoms with Crippen molar-refractivity contribution < 1.29 is 9.21 Å². The monoisotopic (exact) mass is 234 g/mol. The van der Waals surface area contributed by atoms with Crippen LogP contribution in [0.15, 0.2) is 22.8 Å². The summed E-state index contributed by atoms with van der Waals surface area (Å²) < 4.78 is 5.14. The minimum atomic E-state index is -0.139. The van der Waals surface area contributed by atoms with Gasteiger partial charge in [-0.15, -0.1) is 0 Å². The summed E-state index contributed by atoms with van der Waals surface area (Å²) in [6.45, 7) is 1.79. The van der Waals surface area contributed by atoms with E-state index in [-0.39, 0.29) is 5.91 Å². The fourth-order valence-electron chi connectivity index (χ4n) is 1.42. The van der Waals surface area contributed by atoms with Gasteiger partial charge in [-0.3, -0.25) is 9.89 Å². The van der Waals surface area contributed by atoms with Crippen molar-refractivity contribution in [2.45, 2.75) is 19.8 Å². The Balaban J connectivity index is 1.87. The topological polar surface area (TPSA) is 96.9 Å². The standard InChI is InChI=1S/C11H14N4O2/c1-7-10(12)11(15-14-7)13-9(16)5-4-8-3-2-6-17-8/h2-3,6H,4-5,12H2,1H3,(H2,13,14,15,16). The summed E-state index contributed by atoms with van der Waals surface area (Å²) >= 11 is 0. The minimum Gasteiger partial charge on any atom is -0.469 e. The van der Waals surface area contributed by atoms with E-state index >= 15 is 0 Å². The molecule has 0 aromatic carbocycles. The number of anilines is 2. The maximum absolute atomic E-state index is 11.6. The zero-order valence-corrected chi connectivity index (χ0v) is 9.49. The first-order valence-electron chi connectivity index (χ1n) is 5.29. The number of amides is 1. The first kappa shape index (κ1) is 11.3. The molecule has 0 radical (unpaired) electrons. The number of nitrogens with one attached hydrogen (secondary N) is 2. The van der Waals surface area contributed by atoms with E-state index in [2.05, 4.69) is 15.5 Å². The largest absolute Gasteiger partial charge is 0.469 e.